The molecular formula is C20H23N5O3. The summed E-state index contributed by atoms with van der Waals surface area (Å²) in [4.78, 5) is 24.0. The van der Waals surface area contributed by atoms with Crippen LogP contribution < -0.4 is 10.7 Å². The zero-order chi connectivity index (χ0) is 19.9. The maximum Gasteiger partial charge on any atom is 0.441 e. The van der Waals surface area contributed by atoms with Crippen LogP contribution in [0.3, 0.4) is 0 Å². The number of oxime groups is 1. The van der Waals surface area contributed by atoms with Gasteiger partial charge in [-0.3, -0.25) is 9.09 Å². The second-order valence-electron chi connectivity index (χ2n) is 6.07. The van der Waals surface area contributed by atoms with Crippen LogP contribution in [-0.4, -0.2) is 33.5 Å². The van der Waals surface area contributed by atoms with E-state index in [-0.39, 0.29) is 6.61 Å². The van der Waals surface area contributed by atoms with Crippen LogP contribution in [0.1, 0.15) is 30.9 Å². The molecule has 0 amide bonds. The number of anilines is 1. The van der Waals surface area contributed by atoms with Crippen LogP contribution in [-0.2, 0) is 18.5 Å². The Bertz CT molecular complexity index is 990. The molecule has 8 nitrogen and oxygen atoms in total. The van der Waals surface area contributed by atoms with Crippen molar-refractivity contribution < 1.29 is 9.36 Å². The summed E-state index contributed by atoms with van der Waals surface area (Å²) in [5.41, 5.74) is 1.93. The first-order valence-corrected chi connectivity index (χ1v) is 9.13. The van der Waals surface area contributed by atoms with Gasteiger partial charge in [-0.1, -0.05) is 46.7 Å². The molecule has 3 aromatic rings. The quantitative estimate of drug-likeness (QED) is 0.440. The molecule has 0 N–H and O–H groups in total. The van der Waals surface area contributed by atoms with Crippen molar-refractivity contribution in [1.82, 2.24) is 14.7 Å². The monoisotopic (exact) mass is 381 g/mol. The maximum absolute atomic E-state index is 11.7. The normalized spacial score (nSPS) is 11.5. The summed E-state index contributed by atoms with van der Waals surface area (Å²) in [5.74, 6) is 0.630. The minimum Gasteiger partial charge on any atom is -0.389 e. The van der Waals surface area contributed by atoms with Crippen molar-refractivity contribution in [3.63, 3.8) is 0 Å². The Morgan fingerprint density at radius 2 is 1.89 bits per heavy atom. The van der Waals surface area contributed by atoms with Crippen LogP contribution in [0.15, 0.2) is 63.0 Å². The molecule has 0 saturated carbocycles. The first-order valence-electron chi connectivity index (χ1n) is 9.13. The summed E-state index contributed by atoms with van der Waals surface area (Å²) in [6.45, 7) is 6.13. The molecule has 2 aromatic heterocycles. The molecule has 146 valence electrons. The molecule has 28 heavy (non-hydrogen) atoms. The first-order chi connectivity index (χ1) is 13.6. The Morgan fingerprint density at radius 3 is 2.54 bits per heavy atom. The van der Waals surface area contributed by atoms with Crippen LogP contribution >= 0.6 is 0 Å². The van der Waals surface area contributed by atoms with E-state index >= 15 is 0 Å². The highest BCUT2D eigenvalue weighted by atomic mass is 16.6. The number of hydrogen-bond donors (Lipinski definition) is 0. The van der Waals surface area contributed by atoms with Gasteiger partial charge in [-0.2, -0.15) is 0 Å². The van der Waals surface area contributed by atoms with E-state index in [1.807, 2.05) is 48.5 Å². The summed E-state index contributed by atoms with van der Waals surface area (Å²) in [7, 11) is 1.57. The summed E-state index contributed by atoms with van der Waals surface area (Å²) >= 11 is 0. The topological polar surface area (TPSA) is 85.8 Å². The van der Waals surface area contributed by atoms with Crippen molar-refractivity contribution in [2.45, 2.75) is 20.5 Å². The van der Waals surface area contributed by atoms with Crippen LogP contribution in [0.5, 0.6) is 0 Å². The number of aromatic nitrogens is 3. The van der Waals surface area contributed by atoms with Gasteiger partial charge < -0.3 is 9.74 Å². The van der Waals surface area contributed by atoms with E-state index in [1.54, 1.807) is 7.05 Å². The summed E-state index contributed by atoms with van der Waals surface area (Å²) < 4.78 is 6.02. The van der Waals surface area contributed by atoms with E-state index in [2.05, 4.69) is 34.0 Å². The molecule has 3 rings (SSSR count). The van der Waals surface area contributed by atoms with Crippen LogP contribution in [0.2, 0.25) is 0 Å². The minimum atomic E-state index is -0.563. The van der Waals surface area contributed by atoms with E-state index in [4.69, 9.17) is 9.36 Å². The molecule has 0 radical (unpaired) electrons. The largest absolute Gasteiger partial charge is 0.441 e. The molecule has 0 aliphatic carbocycles. The lowest BCUT2D eigenvalue weighted by atomic mass is 10.1. The average Bonchev–Trinajstić information content (AvgIpc) is 3.06. The number of benzene rings is 1. The van der Waals surface area contributed by atoms with Crippen molar-refractivity contribution in [2.24, 2.45) is 12.2 Å². The molecule has 0 aliphatic rings. The molecule has 0 fully saturated rings. The van der Waals surface area contributed by atoms with E-state index in [9.17, 15) is 4.79 Å². The van der Waals surface area contributed by atoms with Crippen molar-refractivity contribution in [3.8, 4) is 0 Å². The van der Waals surface area contributed by atoms with Gasteiger partial charge in [-0.25, -0.2) is 9.78 Å². The first kappa shape index (κ1) is 19.3. The fourth-order valence-electron chi connectivity index (χ4n) is 2.75. The predicted molar refractivity (Wildman–Crippen MR) is 106 cm³/mol. The predicted octanol–water partition coefficient (Wildman–Crippen LogP) is 2.58. The van der Waals surface area contributed by atoms with E-state index < -0.39 is 5.76 Å². The third kappa shape index (κ3) is 4.28. The lowest BCUT2D eigenvalue weighted by molar-refractivity contribution is 0.128. The van der Waals surface area contributed by atoms with Crippen molar-refractivity contribution >= 4 is 11.5 Å². The lowest BCUT2D eigenvalue weighted by Gasteiger charge is -2.20. The molecule has 0 saturated heterocycles. The molecule has 0 aliphatic heterocycles. The highest BCUT2D eigenvalue weighted by molar-refractivity contribution is 6.10. The van der Waals surface area contributed by atoms with Gasteiger partial charge >= 0.3 is 5.76 Å². The van der Waals surface area contributed by atoms with Gasteiger partial charge in [0.1, 0.15) is 5.82 Å². The van der Waals surface area contributed by atoms with Gasteiger partial charge in [0.15, 0.2) is 12.3 Å². The van der Waals surface area contributed by atoms with Gasteiger partial charge in [-0.15, -0.1) is 0 Å². The molecule has 0 bridgehead atoms. The SMILES string of the molecule is CCN(CC)c1cccc(CO/N=C(/c2ccccc2)c2noc(=O)n2C)n1. The minimum absolute atomic E-state index is 0.192. The summed E-state index contributed by atoms with van der Waals surface area (Å²) in [5, 5.41) is 8.05. The maximum atomic E-state index is 11.7. The Hall–Kier alpha value is -3.42. The van der Waals surface area contributed by atoms with Crippen LogP contribution in [0.4, 0.5) is 5.82 Å². The van der Waals surface area contributed by atoms with Crippen LogP contribution in [0, 0.1) is 0 Å². The molecule has 1 aromatic carbocycles. The molecule has 0 unspecified atom stereocenters. The fraction of sp³-hybridized carbons (Fsp3) is 0.300. The fourth-order valence-corrected chi connectivity index (χ4v) is 2.75. The van der Waals surface area contributed by atoms with Crippen molar-refractivity contribution in [2.75, 3.05) is 18.0 Å². The highest BCUT2D eigenvalue weighted by Gasteiger charge is 2.17. The molecule has 0 spiro atoms. The standard InChI is InChI=1S/C20H23N5O3/c1-4-25(5-2)17-13-9-12-16(21-17)14-27-22-18(15-10-7-6-8-11-15)19-23-28-20(26)24(19)3/h6-13H,4-5,14H2,1-3H3/b22-18-. The van der Waals surface area contributed by atoms with Crippen LogP contribution in [0.25, 0.3) is 0 Å². The average molecular weight is 381 g/mol. The zero-order valence-corrected chi connectivity index (χ0v) is 16.2. The molecule has 8 heteroatoms. The van der Waals surface area contributed by atoms with Gasteiger partial charge in [-0.05, 0) is 26.0 Å². The number of nitrogens with zero attached hydrogens (tertiary/aromatic N) is 5. The smallest absolute Gasteiger partial charge is 0.389 e. The molecular weight excluding hydrogens is 358 g/mol. The zero-order valence-electron chi connectivity index (χ0n) is 16.2. The lowest BCUT2D eigenvalue weighted by Crippen LogP contribution is -2.23. The van der Waals surface area contributed by atoms with Gasteiger partial charge in [0.2, 0.25) is 5.82 Å². The second kappa shape index (κ2) is 8.98. The second-order valence-corrected chi connectivity index (χ2v) is 6.07. The van der Waals surface area contributed by atoms with E-state index in [1.165, 1.54) is 4.57 Å². The summed E-state index contributed by atoms with van der Waals surface area (Å²) in [6.07, 6.45) is 0. The number of hydrogen-bond acceptors (Lipinski definition) is 7. The van der Waals surface area contributed by atoms with Gasteiger partial charge in [0.05, 0.1) is 5.69 Å². The number of pyridine rings is 1. The molecule has 0 atom stereocenters. The Labute approximate surface area is 163 Å². The molecule has 2 heterocycles. The van der Waals surface area contributed by atoms with E-state index in [0.717, 1.165) is 30.2 Å². The van der Waals surface area contributed by atoms with E-state index in [0.29, 0.717) is 11.5 Å². The number of rotatable bonds is 8. The Morgan fingerprint density at radius 1 is 1.14 bits per heavy atom. The van der Waals surface area contributed by atoms with Crippen molar-refractivity contribution in [3.05, 3.63) is 76.2 Å². The third-order valence-corrected chi connectivity index (χ3v) is 4.31. The van der Waals surface area contributed by atoms with Gasteiger partial charge in [0.25, 0.3) is 0 Å². The Kier molecular flexibility index (Phi) is 6.21. The Balaban J connectivity index is 1.84. The van der Waals surface area contributed by atoms with Gasteiger partial charge in [0, 0.05) is 25.7 Å². The van der Waals surface area contributed by atoms with Crippen molar-refractivity contribution in [1.29, 1.82) is 0 Å². The summed E-state index contributed by atoms with van der Waals surface area (Å²) in [6, 6.07) is 15.2. The third-order valence-electron chi connectivity index (χ3n) is 4.31. The highest BCUT2D eigenvalue weighted by Crippen LogP contribution is 2.13.